The highest BCUT2D eigenvalue weighted by Gasteiger charge is 2.33. The fourth-order valence-corrected chi connectivity index (χ4v) is 12.0. The minimum atomic E-state index is -1.08. The number of aromatic amines is 1. The lowest BCUT2D eigenvalue weighted by molar-refractivity contribution is -0.137. The van der Waals surface area contributed by atoms with Gasteiger partial charge in [0.05, 0.1) is 15.3 Å². The predicted molar refractivity (Wildman–Crippen MR) is 328 cm³/mol. The Labute approximate surface area is 508 Å². The molecule has 1 saturated heterocycles. The number of carbonyl (C=O) groups excluding carboxylic acids is 9. The van der Waals surface area contributed by atoms with Gasteiger partial charge in [-0.3, -0.25) is 38.6 Å². The van der Waals surface area contributed by atoms with Crippen LogP contribution in [0.15, 0.2) is 66.7 Å². The number of thiophene rings is 1. The highest BCUT2D eigenvalue weighted by molar-refractivity contribution is 7.21. The summed E-state index contributed by atoms with van der Waals surface area (Å²) >= 11 is 7.75. The molecule has 8 rings (SSSR count). The second-order valence-electron chi connectivity index (χ2n) is 22.2. The zero-order valence-corrected chi connectivity index (χ0v) is 50.7. The molecule has 86 heavy (non-hydrogen) atoms. The zero-order valence-electron chi connectivity index (χ0n) is 49.1. The third-order valence-corrected chi connectivity index (χ3v) is 17.2. The van der Waals surface area contributed by atoms with Crippen LogP contribution in [0.25, 0.3) is 21.0 Å². The van der Waals surface area contributed by atoms with Crippen molar-refractivity contribution in [3.63, 3.8) is 0 Å². The summed E-state index contributed by atoms with van der Waals surface area (Å²) in [7, 11) is 3.09. The van der Waals surface area contributed by atoms with Gasteiger partial charge in [-0.2, -0.15) is 0 Å². The fraction of sp³-hybridized carbons (Fsp3) is 0.459. The average molecular weight is 1220 g/mol. The number of amides is 9. The number of anilines is 2. The summed E-state index contributed by atoms with van der Waals surface area (Å²) in [5, 5.41) is 15.9. The van der Waals surface area contributed by atoms with Crippen molar-refractivity contribution in [1.82, 2.24) is 40.5 Å². The monoisotopic (exact) mass is 1220 g/mol. The maximum Gasteiger partial charge on any atom is 0.415 e. The Hall–Kier alpha value is -8.22. The van der Waals surface area contributed by atoms with Gasteiger partial charge in [0, 0.05) is 117 Å². The zero-order chi connectivity index (χ0) is 61.6. The minimum Gasteiger partial charge on any atom is -0.492 e. The molecule has 5 aromatic rings. The normalized spacial score (nSPS) is 15.3. The molecule has 8 N–H and O–H groups in total. The van der Waals surface area contributed by atoms with E-state index in [0.717, 1.165) is 63.4 Å². The number of benzene rings is 3. The first-order valence-corrected chi connectivity index (χ1v) is 30.4. The van der Waals surface area contributed by atoms with Gasteiger partial charge < -0.3 is 61.3 Å². The molecule has 0 saturated carbocycles. The number of hydrogen-bond acceptors (Lipinski definition) is 15. The van der Waals surface area contributed by atoms with Crippen molar-refractivity contribution in [2.45, 2.75) is 96.7 Å². The van der Waals surface area contributed by atoms with Gasteiger partial charge in [0.25, 0.3) is 11.8 Å². The standard InChI is InChI=1S/C61H76ClN11O12S/c1-36(2)53(69-48(74)13-7-6-8-25-73-49(75)20-21-50(73)76)58(79)68-44(12-11-22-64-59(63)80)57(78)66-41-16-14-38(15-17-41)35-84-60(81)70(4)26-27-71(5)61(82)85-47-32-45-52(40(33-62)34-65-45)51-37(3)55(86-56(47)51)54(77)46-31-39-30-42(18-19-43(39)67-46)83-29-28-72-23-9-10-24-72/h14-21,30-32,36,40,44,53,65,67H,6-13,22-29,33-35H2,1-5H3,(H,66,78)(H,68,79)(H,69,74)(H3,63,64,80)/t40-,44+,53+/m1/s1. The number of urea groups is 1. The first-order chi connectivity index (χ1) is 41.3. The van der Waals surface area contributed by atoms with Crippen LogP contribution >= 0.6 is 22.9 Å². The largest absolute Gasteiger partial charge is 0.492 e. The van der Waals surface area contributed by atoms with Crippen LogP contribution in [0, 0.1) is 12.8 Å². The molecule has 23 nitrogen and oxygen atoms in total. The molecule has 25 heteroatoms. The third-order valence-electron chi connectivity index (χ3n) is 15.5. The van der Waals surface area contributed by atoms with Gasteiger partial charge in [-0.1, -0.05) is 32.4 Å². The number of primary amides is 1. The lowest BCUT2D eigenvalue weighted by Crippen LogP contribution is -2.54. The number of hydrogen-bond donors (Lipinski definition) is 7. The molecular weight excluding hydrogens is 1150 g/mol. The molecule has 460 valence electrons. The van der Waals surface area contributed by atoms with Crippen molar-refractivity contribution >= 4 is 109 Å². The van der Waals surface area contributed by atoms with E-state index >= 15 is 0 Å². The van der Waals surface area contributed by atoms with E-state index in [9.17, 15) is 43.2 Å². The predicted octanol–water partition coefficient (Wildman–Crippen LogP) is 7.34. The number of aryl methyl sites for hydroxylation is 1. The number of ketones is 1. The molecule has 2 aromatic heterocycles. The first kappa shape index (κ1) is 63.8. The Morgan fingerprint density at radius 2 is 1.58 bits per heavy atom. The Balaban J connectivity index is 0.817. The molecule has 0 radical (unpaired) electrons. The number of fused-ring (bicyclic) bond motifs is 4. The highest BCUT2D eigenvalue weighted by Crippen LogP contribution is 2.48. The second kappa shape index (κ2) is 29.7. The number of unbranched alkanes of at least 4 members (excludes halogenated alkanes) is 2. The number of imide groups is 1. The number of halogens is 1. The molecule has 3 atom stereocenters. The number of carbonyl (C=O) groups is 9. The van der Waals surface area contributed by atoms with Gasteiger partial charge in [0.2, 0.25) is 23.5 Å². The van der Waals surface area contributed by atoms with Crippen LogP contribution < -0.4 is 41.8 Å². The van der Waals surface area contributed by atoms with Crippen LogP contribution in [0.3, 0.4) is 0 Å². The average Bonchev–Trinajstić information content (AvgIpc) is 1.74. The maximum atomic E-state index is 14.4. The van der Waals surface area contributed by atoms with E-state index in [1.54, 1.807) is 51.2 Å². The number of nitrogens with two attached hydrogens (primary N) is 1. The van der Waals surface area contributed by atoms with Crippen LogP contribution in [0.5, 0.6) is 11.5 Å². The molecular formula is C61H76ClN11O12S. The summed E-state index contributed by atoms with van der Waals surface area (Å²) in [6.07, 6.45) is 5.59. The number of ether oxygens (including phenoxy) is 3. The van der Waals surface area contributed by atoms with Crippen LogP contribution in [0.4, 0.5) is 25.8 Å². The molecule has 9 amide bonds. The summed E-state index contributed by atoms with van der Waals surface area (Å²) in [4.78, 5) is 127. The molecule has 0 aliphatic carbocycles. The number of rotatable bonds is 29. The Kier molecular flexibility index (Phi) is 22.1. The SMILES string of the molecule is Cc1c(C(=O)c2cc3cc(OCCN4CCCC4)ccc3[nH]2)sc2c(OC(=O)N(C)CCN(C)C(=O)OCc3ccc(NC(=O)[C@H](CCCNC(N)=O)NC(=O)[C@@H](NC(=O)CCCCCN4C(=O)C=CC4=O)C(C)C)cc3)cc3c(c12)[C@H](CCl)CN3. The molecule has 0 bridgehead atoms. The highest BCUT2D eigenvalue weighted by atomic mass is 35.5. The van der Waals surface area contributed by atoms with Crippen molar-refractivity contribution in [2.75, 3.05) is 89.6 Å². The van der Waals surface area contributed by atoms with Crippen LogP contribution in [0.2, 0.25) is 0 Å². The number of likely N-dealkylation sites (tertiary alicyclic amines) is 1. The lowest BCUT2D eigenvalue weighted by atomic mass is 9.95. The third kappa shape index (κ3) is 16.4. The smallest absolute Gasteiger partial charge is 0.415 e. The van der Waals surface area contributed by atoms with Crippen LogP contribution in [-0.4, -0.2) is 169 Å². The summed E-state index contributed by atoms with van der Waals surface area (Å²) in [6.45, 7) is 10.1. The van der Waals surface area contributed by atoms with E-state index in [-0.39, 0.29) is 93.1 Å². The molecule has 1 fully saturated rings. The lowest BCUT2D eigenvalue weighted by Gasteiger charge is -2.25. The van der Waals surface area contributed by atoms with Gasteiger partial charge in [0.1, 0.15) is 31.0 Å². The summed E-state index contributed by atoms with van der Waals surface area (Å²) in [5.41, 5.74) is 9.93. The quantitative estimate of drug-likeness (QED) is 0.0107. The number of alkyl halides is 1. The van der Waals surface area contributed by atoms with E-state index in [0.29, 0.717) is 64.8 Å². The van der Waals surface area contributed by atoms with Crippen molar-refractivity contribution in [3.05, 3.63) is 94.0 Å². The molecule has 0 spiro atoms. The van der Waals surface area contributed by atoms with Gasteiger partial charge in [0.15, 0.2) is 5.75 Å². The van der Waals surface area contributed by atoms with Gasteiger partial charge in [-0.25, -0.2) is 14.4 Å². The number of nitrogens with one attached hydrogen (secondary N) is 6. The van der Waals surface area contributed by atoms with Crippen molar-refractivity contribution in [3.8, 4) is 11.5 Å². The van der Waals surface area contributed by atoms with E-state index in [1.807, 2.05) is 31.2 Å². The Morgan fingerprint density at radius 1 is 0.860 bits per heavy atom. The van der Waals surface area contributed by atoms with Gasteiger partial charge in [-0.05, 0) is 118 Å². The van der Waals surface area contributed by atoms with Crippen LogP contribution in [-0.2, 0) is 35.3 Å². The minimum absolute atomic E-state index is 0.0346. The number of H-pyrrole nitrogens is 1. The molecule has 3 aliphatic heterocycles. The summed E-state index contributed by atoms with van der Waals surface area (Å²) < 4.78 is 18.4. The molecule has 3 aliphatic rings. The summed E-state index contributed by atoms with van der Waals surface area (Å²) in [5.74, 6) is -1.45. The Morgan fingerprint density at radius 3 is 2.28 bits per heavy atom. The maximum absolute atomic E-state index is 14.4. The molecule has 3 aromatic carbocycles. The Bertz CT molecular complexity index is 3340. The number of aromatic nitrogens is 1. The van der Waals surface area contributed by atoms with Crippen molar-refractivity contribution < 1.29 is 57.4 Å². The van der Waals surface area contributed by atoms with Crippen molar-refractivity contribution in [2.24, 2.45) is 11.7 Å². The van der Waals surface area contributed by atoms with E-state index in [2.05, 4.69) is 36.5 Å². The number of nitrogens with zero attached hydrogens (tertiary/aromatic N) is 4. The van der Waals surface area contributed by atoms with Gasteiger partial charge >= 0.3 is 18.2 Å². The van der Waals surface area contributed by atoms with Gasteiger partial charge in [-0.15, -0.1) is 22.9 Å². The van der Waals surface area contributed by atoms with Crippen molar-refractivity contribution in [1.29, 1.82) is 0 Å². The number of likely N-dealkylation sites (N-methyl/N-ethyl adjacent to an activating group) is 2. The topological polar surface area (TPSA) is 296 Å². The van der Waals surface area contributed by atoms with Crippen LogP contribution in [0.1, 0.15) is 103 Å². The fourth-order valence-electron chi connectivity index (χ4n) is 10.5. The van der Waals surface area contributed by atoms with E-state index < -0.39 is 42.1 Å². The molecule has 0 unspecified atom stereocenters. The molecule has 5 heterocycles. The summed E-state index contributed by atoms with van der Waals surface area (Å²) in [6, 6.07) is 13.1. The second-order valence-corrected chi connectivity index (χ2v) is 23.5. The van der Waals surface area contributed by atoms with E-state index in [1.165, 1.54) is 53.2 Å². The first-order valence-electron chi connectivity index (χ1n) is 29.1. The van der Waals surface area contributed by atoms with E-state index in [4.69, 9.17) is 31.5 Å².